The molecular formula is C11H11F5N2O2. The van der Waals surface area contributed by atoms with Crippen molar-refractivity contribution >= 4 is 5.69 Å². The number of nitro benzene ring substituents is 1. The Morgan fingerprint density at radius 3 is 2.40 bits per heavy atom. The van der Waals surface area contributed by atoms with Crippen LogP contribution < -0.4 is 5.32 Å². The van der Waals surface area contributed by atoms with E-state index in [0.29, 0.717) is 12.1 Å². The Morgan fingerprint density at radius 2 is 1.90 bits per heavy atom. The molecule has 0 aliphatic rings. The van der Waals surface area contributed by atoms with Crippen LogP contribution in [0.4, 0.5) is 27.6 Å². The molecule has 9 heteroatoms. The molecule has 1 unspecified atom stereocenters. The standard InChI is InChI=1S/C11H11F5N2O2/c1-6(4-11(14,15)16)17-5-7-2-10(18(19)20)9(13)3-8(7)12/h2-3,6,17H,4-5H2,1H3. The summed E-state index contributed by atoms with van der Waals surface area (Å²) in [6, 6.07) is 0.000154. The minimum absolute atomic E-state index is 0.271. The van der Waals surface area contributed by atoms with Gasteiger partial charge in [0.1, 0.15) is 5.82 Å². The third kappa shape index (κ3) is 4.72. The number of halogens is 5. The van der Waals surface area contributed by atoms with E-state index in [4.69, 9.17) is 0 Å². The number of hydrogen-bond acceptors (Lipinski definition) is 3. The lowest BCUT2D eigenvalue weighted by molar-refractivity contribution is -0.387. The molecule has 0 amide bonds. The van der Waals surface area contributed by atoms with E-state index in [0.717, 1.165) is 0 Å². The normalized spacial score (nSPS) is 13.3. The molecule has 0 aromatic heterocycles. The fourth-order valence-electron chi connectivity index (χ4n) is 1.56. The maximum atomic E-state index is 13.4. The van der Waals surface area contributed by atoms with Crippen LogP contribution in [0.25, 0.3) is 0 Å². The van der Waals surface area contributed by atoms with Crippen LogP contribution in [-0.2, 0) is 6.54 Å². The van der Waals surface area contributed by atoms with E-state index >= 15 is 0 Å². The number of alkyl halides is 3. The average Bonchev–Trinajstić information content (AvgIpc) is 2.24. The molecule has 0 bridgehead atoms. The first kappa shape index (κ1) is 16.3. The molecular weight excluding hydrogens is 287 g/mol. The van der Waals surface area contributed by atoms with Crippen LogP contribution in [0.5, 0.6) is 0 Å². The maximum absolute atomic E-state index is 13.4. The third-order valence-electron chi connectivity index (χ3n) is 2.49. The van der Waals surface area contributed by atoms with Gasteiger partial charge in [-0.15, -0.1) is 0 Å². The van der Waals surface area contributed by atoms with Crippen molar-refractivity contribution in [1.82, 2.24) is 5.32 Å². The summed E-state index contributed by atoms with van der Waals surface area (Å²) in [5.41, 5.74) is -1.20. The van der Waals surface area contributed by atoms with Gasteiger partial charge in [0.25, 0.3) is 0 Å². The molecule has 1 aromatic carbocycles. The quantitative estimate of drug-likeness (QED) is 0.515. The molecule has 1 rings (SSSR count). The number of rotatable bonds is 5. The summed E-state index contributed by atoms with van der Waals surface area (Å²) >= 11 is 0. The molecule has 1 aromatic rings. The molecule has 4 nitrogen and oxygen atoms in total. The van der Waals surface area contributed by atoms with Crippen LogP contribution in [0.3, 0.4) is 0 Å². The maximum Gasteiger partial charge on any atom is 0.390 e. The zero-order chi connectivity index (χ0) is 15.5. The van der Waals surface area contributed by atoms with Crippen LogP contribution in [0.1, 0.15) is 18.9 Å². The predicted molar refractivity (Wildman–Crippen MR) is 60.0 cm³/mol. The molecule has 0 heterocycles. The van der Waals surface area contributed by atoms with Gasteiger partial charge in [-0.3, -0.25) is 10.1 Å². The lowest BCUT2D eigenvalue weighted by Gasteiger charge is -2.16. The van der Waals surface area contributed by atoms with Crippen LogP contribution in [0.2, 0.25) is 0 Å². The van der Waals surface area contributed by atoms with Gasteiger partial charge in [-0.2, -0.15) is 17.6 Å². The van der Waals surface area contributed by atoms with Gasteiger partial charge in [-0.05, 0) is 6.92 Å². The van der Waals surface area contributed by atoms with Gasteiger partial charge in [0.05, 0.1) is 11.3 Å². The molecule has 0 saturated carbocycles. The second kappa shape index (κ2) is 6.12. The van der Waals surface area contributed by atoms with E-state index in [-0.39, 0.29) is 12.1 Å². The zero-order valence-electron chi connectivity index (χ0n) is 10.3. The predicted octanol–water partition coefficient (Wildman–Crippen LogP) is 3.30. The molecule has 112 valence electrons. The highest BCUT2D eigenvalue weighted by molar-refractivity contribution is 5.37. The average molecular weight is 298 g/mol. The van der Waals surface area contributed by atoms with Crippen molar-refractivity contribution in [2.45, 2.75) is 32.1 Å². The number of nitrogens with zero attached hydrogens (tertiary/aromatic N) is 1. The van der Waals surface area contributed by atoms with E-state index < -0.39 is 40.9 Å². The van der Waals surface area contributed by atoms with Crippen molar-refractivity contribution in [2.75, 3.05) is 0 Å². The number of nitro groups is 1. The molecule has 0 spiro atoms. The zero-order valence-corrected chi connectivity index (χ0v) is 10.3. The molecule has 0 fully saturated rings. The molecule has 0 radical (unpaired) electrons. The van der Waals surface area contributed by atoms with Crippen molar-refractivity contribution in [1.29, 1.82) is 0 Å². The lowest BCUT2D eigenvalue weighted by atomic mass is 10.1. The Kier molecular flexibility index (Phi) is 4.98. The van der Waals surface area contributed by atoms with Crippen molar-refractivity contribution in [3.63, 3.8) is 0 Å². The summed E-state index contributed by atoms with van der Waals surface area (Å²) in [6.07, 6.45) is -5.50. The van der Waals surface area contributed by atoms with Gasteiger partial charge in [0.2, 0.25) is 5.82 Å². The summed E-state index contributed by atoms with van der Waals surface area (Å²) in [5, 5.41) is 12.9. The van der Waals surface area contributed by atoms with Crippen molar-refractivity contribution in [2.24, 2.45) is 0 Å². The SMILES string of the molecule is CC(CC(F)(F)F)NCc1cc([N+](=O)[O-])c(F)cc1F. The van der Waals surface area contributed by atoms with Gasteiger partial charge in [0.15, 0.2) is 0 Å². The number of benzene rings is 1. The van der Waals surface area contributed by atoms with Crippen LogP contribution in [-0.4, -0.2) is 17.1 Å². The first-order chi connectivity index (χ1) is 9.10. The first-order valence-corrected chi connectivity index (χ1v) is 5.52. The summed E-state index contributed by atoms with van der Waals surface area (Å²) in [5.74, 6) is -2.39. The van der Waals surface area contributed by atoms with E-state index in [9.17, 15) is 32.1 Å². The summed E-state index contributed by atoms with van der Waals surface area (Å²) < 4.78 is 62.7. The number of nitrogens with one attached hydrogen (secondary N) is 1. The second-order valence-corrected chi connectivity index (χ2v) is 4.25. The Hall–Kier alpha value is -1.77. The first-order valence-electron chi connectivity index (χ1n) is 5.52. The van der Waals surface area contributed by atoms with Crippen molar-refractivity contribution < 1.29 is 26.9 Å². The van der Waals surface area contributed by atoms with Crippen LogP contribution in [0, 0.1) is 21.7 Å². The Bertz CT molecular complexity index is 504. The highest BCUT2D eigenvalue weighted by Gasteiger charge is 2.30. The Morgan fingerprint density at radius 1 is 1.30 bits per heavy atom. The van der Waals surface area contributed by atoms with E-state index in [1.807, 2.05) is 0 Å². The monoisotopic (exact) mass is 298 g/mol. The fraction of sp³-hybridized carbons (Fsp3) is 0.455. The number of hydrogen-bond donors (Lipinski definition) is 1. The highest BCUT2D eigenvalue weighted by Crippen LogP contribution is 2.23. The van der Waals surface area contributed by atoms with Crippen molar-refractivity contribution in [3.05, 3.63) is 39.4 Å². The van der Waals surface area contributed by atoms with E-state index in [1.54, 1.807) is 0 Å². The Labute approximate surface area is 110 Å². The van der Waals surface area contributed by atoms with Gasteiger partial charge in [-0.25, -0.2) is 4.39 Å². The fourth-order valence-corrected chi connectivity index (χ4v) is 1.56. The molecule has 1 atom stereocenters. The van der Waals surface area contributed by atoms with E-state index in [1.165, 1.54) is 6.92 Å². The smallest absolute Gasteiger partial charge is 0.310 e. The third-order valence-corrected chi connectivity index (χ3v) is 2.49. The van der Waals surface area contributed by atoms with Gasteiger partial charge in [-0.1, -0.05) is 0 Å². The molecule has 0 saturated heterocycles. The molecule has 0 aliphatic heterocycles. The molecule has 1 N–H and O–H groups in total. The summed E-state index contributed by atoms with van der Waals surface area (Å²) in [6.45, 7) is 0.869. The van der Waals surface area contributed by atoms with Gasteiger partial charge < -0.3 is 5.32 Å². The van der Waals surface area contributed by atoms with Gasteiger partial charge in [0, 0.05) is 30.3 Å². The van der Waals surface area contributed by atoms with Crippen LogP contribution >= 0.6 is 0 Å². The minimum Gasteiger partial charge on any atom is -0.310 e. The lowest BCUT2D eigenvalue weighted by Crippen LogP contribution is -2.31. The summed E-state index contributed by atoms with van der Waals surface area (Å²) in [4.78, 5) is 9.45. The topological polar surface area (TPSA) is 55.2 Å². The largest absolute Gasteiger partial charge is 0.390 e. The van der Waals surface area contributed by atoms with E-state index in [2.05, 4.69) is 5.32 Å². The Balaban J connectivity index is 2.78. The van der Waals surface area contributed by atoms with Gasteiger partial charge >= 0.3 is 11.9 Å². The molecule has 20 heavy (non-hydrogen) atoms. The highest BCUT2D eigenvalue weighted by atomic mass is 19.4. The second-order valence-electron chi connectivity index (χ2n) is 4.25. The van der Waals surface area contributed by atoms with Crippen molar-refractivity contribution in [3.8, 4) is 0 Å². The van der Waals surface area contributed by atoms with Crippen LogP contribution in [0.15, 0.2) is 12.1 Å². The summed E-state index contributed by atoms with van der Waals surface area (Å²) in [7, 11) is 0. The molecule has 0 aliphatic carbocycles. The minimum atomic E-state index is -4.38.